The van der Waals surface area contributed by atoms with Gasteiger partial charge in [-0.25, -0.2) is 4.79 Å². The van der Waals surface area contributed by atoms with Gasteiger partial charge in [-0.1, -0.05) is 92.1 Å². The standard InChI is InChI=1S/C49H78N6O9/c1-14-32(6)43(54(10)48(59)41(30(2)3)52-47(58)42(31(4)5)53(9)29-36-22-24-50-25-23-36)39(62-11)28-40(56)55-26-18-21-38(55)45(64-13)33(7)44(63-12)34(8)46(57)51-37(49(60)61)27-35-19-16-15-17-20-35/h15-17,19-20,22-25,30-34,37-39,41-45H,14,18,21,26-29H2,1-13H3,(H,51,57)(H,52,58)(H,60,61)/t32-,33-,34+,37-,38-,39+,41-,42?,43?,44-,45+/m0/s1. The Kier molecular flexibility index (Phi) is 21.8. The van der Waals surface area contributed by atoms with E-state index in [9.17, 15) is 29.1 Å². The minimum Gasteiger partial charge on any atom is -0.480 e. The molecule has 64 heavy (non-hydrogen) atoms. The molecule has 4 amide bonds. The number of carboxylic acid groups (broad SMARTS) is 1. The maximum absolute atomic E-state index is 14.6. The SMILES string of the molecule is CC[C@H](C)C([C@@H](CC(=O)N1CCC[C@H]1[C@H](OC)[C@@H](C)[C@H](OC)[C@@H](C)C(=O)N[C@@H](Cc1ccccc1)C(=O)O)OC)N(C)C(=O)[C@@H](NC(=O)C(C(C)C)N(C)Cc1ccncc1)C(C)C. The topological polar surface area (TPSA) is 180 Å². The van der Waals surface area contributed by atoms with E-state index in [1.165, 1.54) is 7.11 Å². The molecule has 2 unspecified atom stereocenters. The molecular formula is C49H78N6O9. The number of amides is 4. The van der Waals surface area contributed by atoms with E-state index >= 15 is 0 Å². The summed E-state index contributed by atoms with van der Waals surface area (Å²) in [6, 6.07) is 9.69. The summed E-state index contributed by atoms with van der Waals surface area (Å²) in [7, 11) is 8.31. The van der Waals surface area contributed by atoms with E-state index in [0.717, 1.165) is 17.5 Å². The number of hydrogen-bond acceptors (Lipinski definition) is 10. The highest BCUT2D eigenvalue weighted by molar-refractivity contribution is 5.90. The van der Waals surface area contributed by atoms with Crippen LogP contribution in [0.1, 0.15) is 92.2 Å². The molecule has 1 aliphatic heterocycles. The lowest BCUT2D eigenvalue weighted by Crippen LogP contribution is -2.60. The van der Waals surface area contributed by atoms with Gasteiger partial charge >= 0.3 is 5.97 Å². The number of ether oxygens (including phenoxy) is 3. The minimum atomic E-state index is -1.13. The predicted octanol–water partition coefficient (Wildman–Crippen LogP) is 5.06. The number of benzene rings is 1. The summed E-state index contributed by atoms with van der Waals surface area (Å²) in [5.74, 6) is -3.67. The third kappa shape index (κ3) is 14.3. The number of rotatable bonds is 26. The van der Waals surface area contributed by atoms with E-state index in [1.807, 2.05) is 108 Å². The van der Waals surface area contributed by atoms with Gasteiger partial charge in [-0.2, -0.15) is 0 Å². The largest absolute Gasteiger partial charge is 0.480 e. The van der Waals surface area contributed by atoms with Gasteiger partial charge in [0.05, 0.1) is 48.8 Å². The summed E-state index contributed by atoms with van der Waals surface area (Å²) in [5.41, 5.74) is 1.81. The number of likely N-dealkylation sites (N-methyl/N-ethyl adjacent to an activating group) is 2. The fourth-order valence-electron chi connectivity index (χ4n) is 9.61. The van der Waals surface area contributed by atoms with Crippen molar-refractivity contribution in [1.82, 2.24) is 30.3 Å². The number of nitrogens with one attached hydrogen (secondary N) is 2. The molecule has 1 aromatic carbocycles. The number of carboxylic acids is 1. The fraction of sp³-hybridized carbons (Fsp3) is 0.673. The molecule has 15 heteroatoms. The van der Waals surface area contributed by atoms with Crippen molar-refractivity contribution in [2.24, 2.45) is 29.6 Å². The first kappa shape index (κ1) is 53.9. The van der Waals surface area contributed by atoms with E-state index < -0.39 is 60.3 Å². The summed E-state index contributed by atoms with van der Waals surface area (Å²) in [6.07, 6.45) is 3.86. The fourth-order valence-corrected chi connectivity index (χ4v) is 9.61. The Bertz CT molecular complexity index is 1770. The van der Waals surface area contributed by atoms with Crippen molar-refractivity contribution in [3.05, 3.63) is 66.0 Å². The zero-order valence-corrected chi connectivity index (χ0v) is 40.7. The summed E-state index contributed by atoms with van der Waals surface area (Å²) in [6.45, 7) is 16.6. The van der Waals surface area contributed by atoms with Crippen LogP contribution < -0.4 is 10.6 Å². The molecule has 0 spiro atoms. The molecule has 11 atom stereocenters. The Morgan fingerprint density at radius 1 is 0.844 bits per heavy atom. The molecule has 2 heterocycles. The lowest BCUT2D eigenvalue weighted by Gasteiger charge is -2.41. The molecule has 0 aliphatic carbocycles. The summed E-state index contributed by atoms with van der Waals surface area (Å²) in [5, 5.41) is 15.8. The number of nitrogens with zero attached hydrogens (tertiary/aromatic N) is 4. The highest BCUT2D eigenvalue weighted by atomic mass is 16.5. The second-order valence-corrected chi connectivity index (χ2v) is 18.4. The van der Waals surface area contributed by atoms with Gasteiger partial charge in [-0.15, -0.1) is 0 Å². The van der Waals surface area contributed by atoms with Gasteiger partial charge in [-0.3, -0.25) is 29.1 Å². The summed E-state index contributed by atoms with van der Waals surface area (Å²) < 4.78 is 18.2. The first-order chi connectivity index (χ1) is 30.3. The zero-order chi connectivity index (χ0) is 47.8. The van der Waals surface area contributed by atoms with E-state index in [1.54, 1.807) is 45.5 Å². The predicted molar refractivity (Wildman–Crippen MR) is 247 cm³/mol. The number of aromatic nitrogens is 1. The third-order valence-corrected chi connectivity index (χ3v) is 13.3. The quantitative estimate of drug-likeness (QED) is 0.115. The van der Waals surface area contributed by atoms with Crippen LogP contribution in [0.5, 0.6) is 0 Å². The number of carbonyl (C=O) groups is 5. The van der Waals surface area contributed by atoms with Gasteiger partial charge in [0.2, 0.25) is 23.6 Å². The molecule has 0 radical (unpaired) electrons. The molecule has 1 aromatic heterocycles. The van der Waals surface area contributed by atoms with Crippen LogP contribution in [-0.2, 0) is 51.1 Å². The molecule has 15 nitrogen and oxygen atoms in total. The zero-order valence-electron chi connectivity index (χ0n) is 40.7. The van der Waals surface area contributed by atoms with Gasteiger partial charge < -0.3 is 39.8 Å². The maximum Gasteiger partial charge on any atom is 0.326 e. The van der Waals surface area contributed by atoms with Crippen LogP contribution >= 0.6 is 0 Å². The monoisotopic (exact) mass is 895 g/mol. The van der Waals surface area contributed by atoms with Gasteiger partial charge in [0.25, 0.3) is 0 Å². The molecule has 3 rings (SSSR count). The van der Waals surface area contributed by atoms with Crippen LogP contribution in [0.25, 0.3) is 0 Å². The number of hydrogen-bond donors (Lipinski definition) is 3. The van der Waals surface area contributed by atoms with Gasteiger partial charge in [0, 0.05) is 66.2 Å². The summed E-state index contributed by atoms with van der Waals surface area (Å²) >= 11 is 0. The van der Waals surface area contributed by atoms with Crippen molar-refractivity contribution >= 4 is 29.6 Å². The van der Waals surface area contributed by atoms with E-state index in [2.05, 4.69) is 15.6 Å². The molecule has 0 saturated carbocycles. The number of pyridine rings is 1. The first-order valence-corrected chi connectivity index (χ1v) is 22.9. The number of likely N-dealkylation sites (tertiary alicyclic amines) is 1. The minimum absolute atomic E-state index is 0.00285. The van der Waals surface area contributed by atoms with Crippen LogP contribution in [0.4, 0.5) is 0 Å². The van der Waals surface area contributed by atoms with Crippen LogP contribution in [0.2, 0.25) is 0 Å². The van der Waals surface area contributed by atoms with E-state index in [4.69, 9.17) is 14.2 Å². The lowest BCUT2D eigenvalue weighted by atomic mass is 9.84. The van der Waals surface area contributed by atoms with Crippen molar-refractivity contribution < 1.29 is 43.3 Å². The van der Waals surface area contributed by atoms with E-state index in [0.29, 0.717) is 25.9 Å². The van der Waals surface area contributed by atoms with Gasteiger partial charge in [0.15, 0.2) is 0 Å². The third-order valence-electron chi connectivity index (χ3n) is 13.3. The number of methoxy groups -OCH3 is 3. The molecule has 1 saturated heterocycles. The average molecular weight is 895 g/mol. The van der Waals surface area contributed by atoms with Crippen LogP contribution in [0, 0.1) is 29.6 Å². The van der Waals surface area contributed by atoms with Crippen molar-refractivity contribution in [1.29, 1.82) is 0 Å². The highest BCUT2D eigenvalue weighted by Gasteiger charge is 2.45. The molecule has 1 aliphatic rings. The van der Waals surface area contributed by atoms with Crippen LogP contribution in [-0.4, -0.2) is 145 Å². The normalized spacial score (nSPS) is 18.9. The van der Waals surface area contributed by atoms with Crippen molar-refractivity contribution in [3.63, 3.8) is 0 Å². The highest BCUT2D eigenvalue weighted by Crippen LogP contribution is 2.33. The number of carbonyl (C=O) groups excluding carboxylic acids is 4. The van der Waals surface area contributed by atoms with Crippen molar-refractivity contribution in [3.8, 4) is 0 Å². The molecule has 3 N–H and O–H groups in total. The summed E-state index contributed by atoms with van der Waals surface area (Å²) in [4.78, 5) is 78.5. The molecular weight excluding hydrogens is 817 g/mol. The van der Waals surface area contributed by atoms with Gasteiger partial charge in [0.1, 0.15) is 12.1 Å². The van der Waals surface area contributed by atoms with Crippen molar-refractivity contribution in [2.45, 2.75) is 143 Å². The average Bonchev–Trinajstić information content (AvgIpc) is 3.75. The van der Waals surface area contributed by atoms with Gasteiger partial charge in [-0.05, 0) is 60.9 Å². The lowest BCUT2D eigenvalue weighted by molar-refractivity contribution is -0.149. The van der Waals surface area contributed by atoms with Crippen molar-refractivity contribution in [2.75, 3.05) is 42.0 Å². The Morgan fingerprint density at radius 3 is 2.02 bits per heavy atom. The molecule has 1 fully saturated rings. The Balaban J connectivity index is 1.79. The second-order valence-electron chi connectivity index (χ2n) is 18.4. The maximum atomic E-state index is 14.6. The molecule has 358 valence electrons. The molecule has 0 bridgehead atoms. The Labute approximate surface area is 382 Å². The Hall–Kier alpha value is -4.44. The smallest absolute Gasteiger partial charge is 0.326 e. The Morgan fingerprint density at radius 2 is 1.48 bits per heavy atom. The van der Waals surface area contributed by atoms with Crippen LogP contribution in [0.15, 0.2) is 54.9 Å². The van der Waals surface area contributed by atoms with E-state index in [-0.39, 0.29) is 60.3 Å². The first-order valence-electron chi connectivity index (χ1n) is 22.9. The second kappa shape index (κ2) is 25.9. The number of aliphatic carboxylic acids is 1. The molecule has 2 aromatic rings. The van der Waals surface area contributed by atoms with Crippen LogP contribution in [0.3, 0.4) is 0 Å².